The monoisotopic (exact) mass is 525 g/mol. The highest BCUT2D eigenvalue weighted by Gasteiger charge is 2.64. The van der Waals surface area contributed by atoms with Crippen molar-refractivity contribution in [3.05, 3.63) is 63.4 Å². The van der Waals surface area contributed by atoms with Crippen LogP contribution >= 0.6 is 7.75 Å². The Morgan fingerprint density at radius 1 is 1.31 bits per heavy atom. The van der Waals surface area contributed by atoms with Crippen molar-refractivity contribution in [3.63, 3.8) is 0 Å². The molecule has 0 bridgehead atoms. The van der Waals surface area contributed by atoms with Crippen molar-refractivity contribution in [2.75, 3.05) is 6.56 Å². The molecule has 2 heterocycles. The number of H-pyrrole nitrogens is 1. The van der Waals surface area contributed by atoms with Crippen LogP contribution in [0, 0.1) is 5.41 Å². The summed E-state index contributed by atoms with van der Waals surface area (Å²) in [6.45, 7) is 1.69. The van der Waals surface area contributed by atoms with E-state index in [4.69, 9.17) is 21.3 Å². The van der Waals surface area contributed by atoms with Crippen LogP contribution in [-0.2, 0) is 23.4 Å². The number of rotatable bonds is 10. The lowest BCUT2D eigenvalue weighted by Crippen LogP contribution is -2.37. The van der Waals surface area contributed by atoms with E-state index < -0.39 is 67.5 Å². The van der Waals surface area contributed by atoms with E-state index in [-0.39, 0.29) is 5.75 Å². The summed E-state index contributed by atoms with van der Waals surface area (Å²) in [5.74, 6) is -0.708. The highest BCUT2D eigenvalue weighted by atomic mass is 31.2. The van der Waals surface area contributed by atoms with E-state index in [0.717, 1.165) is 10.6 Å². The Hall–Kier alpha value is -2.76. The van der Waals surface area contributed by atoms with Gasteiger partial charge in [-0.3, -0.25) is 23.7 Å². The van der Waals surface area contributed by atoms with E-state index >= 15 is 0 Å². The second kappa shape index (κ2) is 10.3. The van der Waals surface area contributed by atoms with Gasteiger partial charge in [-0.1, -0.05) is 18.2 Å². The summed E-state index contributed by atoms with van der Waals surface area (Å²) in [7, 11) is -4.66. The first-order chi connectivity index (χ1) is 17.8. The summed E-state index contributed by atoms with van der Waals surface area (Å²) in [5.41, 5.74) is -2.43. The van der Waals surface area contributed by atoms with Gasteiger partial charge in [-0.2, -0.15) is 5.09 Å². The van der Waals surface area contributed by atoms with Gasteiger partial charge < -0.3 is 19.1 Å². The summed E-state index contributed by atoms with van der Waals surface area (Å²) in [5, 5.41) is 13.5. The second-order valence-electron chi connectivity index (χ2n) is 9.05. The SMILES string of the molecule is [2H]C([2H])(O[P@@](=O)(N[C@@H](C)C(=O)OC(C)C)Oc1ccccc1)[C@H]1O[C@@H](n2ccc(=O)[nH]c2=O)C2(CC2)[C@@H]1O. The van der Waals surface area contributed by atoms with Gasteiger partial charge in [-0.05, 0) is 45.7 Å². The van der Waals surface area contributed by atoms with Crippen LogP contribution < -0.4 is 20.9 Å². The smallest absolute Gasteiger partial charge is 0.459 e. The number of ether oxygens (including phenoxy) is 2. The van der Waals surface area contributed by atoms with E-state index in [9.17, 15) is 24.1 Å². The van der Waals surface area contributed by atoms with Crippen LogP contribution in [0.25, 0.3) is 0 Å². The van der Waals surface area contributed by atoms with Crippen LogP contribution in [0.1, 0.15) is 42.6 Å². The molecule has 12 nitrogen and oxygen atoms in total. The van der Waals surface area contributed by atoms with Gasteiger partial charge >= 0.3 is 19.4 Å². The maximum atomic E-state index is 13.8. The number of aliphatic hydroxyl groups is 1. The number of nitrogens with one attached hydrogen (secondary N) is 2. The van der Waals surface area contributed by atoms with Gasteiger partial charge in [0.1, 0.15) is 24.1 Å². The lowest BCUT2D eigenvalue weighted by Gasteiger charge is -2.25. The Morgan fingerprint density at radius 3 is 2.61 bits per heavy atom. The molecule has 2 aliphatic rings. The number of hydrogen-bond donors (Lipinski definition) is 3. The number of hydrogen-bond acceptors (Lipinski definition) is 9. The molecule has 1 aliphatic heterocycles. The van der Waals surface area contributed by atoms with Gasteiger partial charge in [0.2, 0.25) is 0 Å². The molecule has 196 valence electrons. The normalized spacial score (nSPS) is 26.1. The fraction of sp³-hybridized carbons (Fsp3) is 0.522. The Morgan fingerprint density at radius 2 is 2.00 bits per heavy atom. The number of para-hydroxylation sites is 1. The summed E-state index contributed by atoms with van der Waals surface area (Å²) in [6.07, 6.45) is -2.73. The molecule has 5 atom stereocenters. The number of aromatic amines is 1. The van der Waals surface area contributed by atoms with Crippen molar-refractivity contribution in [3.8, 4) is 5.75 Å². The molecule has 0 amide bonds. The van der Waals surface area contributed by atoms with Crippen LogP contribution in [0.5, 0.6) is 5.75 Å². The molecular weight excluding hydrogens is 493 g/mol. The standard InChI is InChI=1S/C23H30N3O9P/c1-14(2)33-20(29)15(3)25-36(31,35-16-7-5-4-6-8-16)32-13-17-19(28)23(10-11-23)21(34-17)26-12-9-18(27)24-22(26)30/h4-9,12,14-15,17,19,21,28H,10-11,13H2,1-3H3,(H,25,31)(H,24,27,30)/t15-,17+,19+,21+,36-/m0/s1/i13D2. The molecule has 0 radical (unpaired) electrons. The number of aromatic nitrogens is 2. The van der Waals surface area contributed by atoms with Gasteiger partial charge in [-0.25, -0.2) is 9.36 Å². The molecule has 1 saturated carbocycles. The number of carbonyl (C=O) groups excluding carboxylic acids is 1. The zero-order valence-corrected chi connectivity index (χ0v) is 20.8. The Bertz CT molecular complexity index is 1330. The fourth-order valence-electron chi connectivity index (χ4n) is 3.97. The topological polar surface area (TPSA) is 158 Å². The van der Waals surface area contributed by atoms with E-state index in [1.165, 1.54) is 25.3 Å². The van der Waals surface area contributed by atoms with E-state index in [2.05, 4.69) is 10.1 Å². The van der Waals surface area contributed by atoms with Gasteiger partial charge in [0.15, 0.2) is 0 Å². The number of esters is 1. The molecule has 13 heteroatoms. The molecule has 1 saturated heterocycles. The Balaban J connectivity index is 1.61. The van der Waals surface area contributed by atoms with Crippen LogP contribution in [0.15, 0.2) is 52.2 Å². The minimum atomic E-state index is -4.66. The third kappa shape index (κ3) is 5.63. The zero-order chi connectivity index (χ0) is 27.9. The van der Waals surface area contributed by atoms with Crippen molar-refractivity contribution in [1.29, 1.82) is 0 Å². The van der Waals surface area contributed by atoms with Crippen molar-refractivity contribution >= 4 is 13.7 Å². The second-order valence-corrected chi connectivity index (χ2v) is 10.7. The predicted octanol–water partition coefficient (Wildman–Crippen LogP) is 1.71. The van der Waals surface area contributed by atoms with Gasteiger partial charge in [-0.15, -0.1) is 0 Å². The van der Waals surface area contributed by atoms with Crippen LogP contribution in [-0.4, -0.2) is 51.5 Å². The molecule has 0 unspecified atom stereocenters. The fourth-order valence-corrected chi connectivity index (χ4v) is 5.33. The van der Waals surface area contributed by atoms with Crippen molar-refractivity contribution < 1.29 is 35.7 Å². The van der Waals surface area contributed by atoms with Crippen LogP contribution in [0.2, 0.25) is 0 Å². The molecule has 2 fully saturated rings. The highest BCUT2D eigenvalue weighted by molar-refractivity contribution is 7.52. The molecule has 4 rings (SSSR count). The van der Waals surface area contributed by atoms with Gasteiger partial charge in [0, 0.05) is 17.7 Å². The largest absolute Gasteiger partial charge is 0.462 e. The number of aliphatic hydroxyl groups excluding tert-OH is 1. The van der Waals surface area contributed by atoms with Crippen molar-refractivity contribution in [1.82, 2.24) is 14.6 Å². The summed E-state index contributed by atoms with van der Waals surface area (Å²) >= 11 is 0. The number of carbonyl (C=O) groups is 1. The average Bonchev–Trinajstić information content (AvgIpc) is 3.55. The van der Waals surface area contributed by atoms with Crippen molar-refractivity contribution in [2.45, 2.75) is 64.2 Å². The third-order valence-corrected chi connectivity index (χ3v) is 7.39. The summed E-state index contributed by atoms with van der Waals surface area (Å²) in [6, 6.07) is 7.68. The first-order valence-electron chi connectivity index (χ1n) is 12.4. The molecule has 1 aromatic carbocycles. The number of nitrogens with zero attached hydrogens (tertiary/aromatic N) is 1. The minimum Gasteiger partial charge on any atom is -0.462 e. The lowest BCUT2D eigenvalue weighted by atomic mass is 9.96. The van der Waals surface area contributed by atoms with Gasteiger partial charge in [0.25, 0.3) is 5.56 Å². The quantitative estimate of drug-likeness (QED) is 0.308. The molecule has 1 aliphatic carbocycles. The molecular formula is C23H30N3O9P. The zero-order valence-electron chi connectivity index (χ0n) is 22.0. The first kappa shape index (κ1) is 23.6. The Labute approximate surface area is 209 Å². The maximum Gasteiger partial charge on any atom is 0.459 e. The molecule has 3 N–H and O–H groups in total. The Kier molecular flexibility index (Phi) is 6.77. The third-order valence-electron chi connectivity index (χ3n) is 5.89. The van der Waals surface area contributed by atoms with E-state index in [1.54, 1.807) is 32.0 Å². The molecule has 2 aromatic rings. The van der Waals surface area contributed by atoms with Gasteiger partial charge in [0.05, 0.1) is 21.5 Å². The van der Waals surface area contributed by atoms with Crippen molar-refractivity contribution in [2.24, 2.45) is 5.41 Å². The number of benzene rings is 1. The van der Waals surface area contributed by atoms with E-state index in [0.29, 0.717) is 12.8 Å². The lowest BCUT2D eigenvalue weighted by molar-refractivity contribution is -0.149. The average molecular weight is 525 g/mol. The first-order valence-corrected chi connectivity index (χ1v) is 13.0. The summed E-state index contributed by atoms with van der Waals surface area (Å²) < 4.78 is 53.9. The highest BCUT2D eigenvalue weighted by Crippen LogP contribution is 2.62. The maximum absolute atomic E-state index is 13.8. The van der Waals surface area contributed by atoms with E-state index in [1.807, 2.05) is 0 Å². The molecule has 36 heavy (non-hydrogen) atoms. The van der Waals surface area contributed by atoms with Crippen LogP contribution in [0.3, 0.4) is 0 Å². The minimum absolute atomic E-state index is 0.0628. The molecule has 1 spiro atoms. The predicted molar refractivity (Wildman–Crippen MR) is 127 cm³/mol. The molecule has 1 aromatic heterocycles. The summed E-state index contributed by atoms with van der Waals surface area (Å²) in [4.78, 5) is 38.4. The van der Waals surface area contributed by atoms with Crippen LogP contribution in [0.4, 0.5) is 0 Å².